The van der Waals surface area contributed by atoms with Crippen LogP contribution in [0.15, 0.2) is 24.8 Å². The minimum atomic E-state index is 0.449. The van der Waals surface area contributed by atoms with E-state index in [0.717, 1.165) is 55.3 Å². The zero-order valence-electron chi connectivity index (χ0n) is 13.1. The second kappa shape index (κ2) is 5.96. The van der Waals surface area contributed by atoms with Gasteiger partial charge in [0.1, 0.15) is 12.2 Å². The zero-order chi connectivity index (χ0) is 15.6. The molecule has 0 bridgehead atoms. The van der Waals surface area contributed by atoms with Crippen molar-refractivity contribution in [1.29, 1.82) is 0 Å². The summed E-state index contributed by atoms with van der Waals surface area (Å²) in [4.78, 5) is 9.89. The van der Waals surface area contributed by atoms with Gasteiger partial charge in [0.15, 0.2) is 0 Å². The third-order valence-corrected chi connectivity index (χ3v) is 4.27. The number of anilines is 1. The number of aromatic nitrogens is 6. The molecule has 3 aromatic rings. The van der Waals surface area contributed by atoms with Gasteiger partial charge in [0.05, 0.1) is 17.9 Å². The molecule has 1 aliphatic rings. The van der Waals surface area contributed by atoms with Gasteiger partial charge >= 0.3 is 0 Å². The van der Waals surface area contributed by atoms with Crippen LogP contribution in [0.4, 0.5) is 5.69 Å². The molecule has 120 valence electrons. The van der Waals surface area contributed by atoms with Gasteiger partial charge in [-0.25, -0.2) is 4.98 Å². The number of nitrogens with zero attached hydrogens (tertiary/aromatic N) is 6. The summed E-state index contributed by atoms with van der Waals surface area (Å²) in [7, 11) is 0. The van der Waals surface area contributed by atoms with Gasteiger partial charge in [-0.3, -0.25) is 4.90 Å². The molecule has 4 heterocycles. The third kappa shape index (κ3) is 3.02. The Morgan fingerprint density at radius 3 is 3.00 bits per heavy atom. The fraction of sp³-hybridized carbons (Fsp3) is 0.467. The van der Waals surface area contributed by atoms with Crippen LogP contribution in [0.1, 0.15) is 24.4 Å². The number of fused-ring (bicyclic) bond motifs is 1. The van der Waals surface area contributed by atoms with Crippen LogP contribution in [-0.2, 0) is 6.54 Å². The van der Waals surface area contributed by atoms with E-state index in [1.165, 1.54) is 0 Å². The summed E-state index contributed by atoms with van der Waals surface area (Å²) >= 11 is 0. The highest BCUT2D eigenvalue weighted by Crippen LogP contribution is 2.20. The fourth-order valence-corrected chi connectivity index (χ4v) is 3.11. The van der Waals surface area contributed by atoms with Crippen LogP contribution < -0.4 is 5.32 Å². The van der Waals surface area contributed by atoms with E-state index < -0.39 is 0 Å². The molecule has 0 spiro atoms. The number of H-pyrrole nitrogens is 1. The minimum Gasteiger partial charge on any atom is -0.379 e. The number of piperidine rings is 1. The van der Waals surface area contributed by atoms with E-state index in [4.69, 9.17) is 0 Å². The average molecular weight is 312 g/mol. The van der Waals surface area contributed by atoms with Crippen LogP contribution in [0.2, 0.25) is 0 Å². The van der Waals surface area contributed by atoms with E-state index in [-0.39, 0.29) is 0 Å². The largest absolute Gasteiger partial charge is 0.379 e. The summed E-state index contributed by atoms with van der Waals surface area (Å²) in [6.45, 7) is 5.00. The van der Waals surface area contributed by atoms with Crippen molar-refractivity contribution in [2.45, 2.75) is 32.4 Å². The van der Waals surface area contributed by atoms with Crippen LogP contribution >= 0.6 is 0 Å². The Labute approximate surface area is 133 Å². The second-order valence-corrected chi connectivity index (χ2v) is 6.03. The molecule has 1 aliphatic heterocycles. The number of likely N-dealkylation sites (tertiary alicyclic amines) is 1. The lowest BCUT2D eigenvalue weighted by Crippen LogP contribution is -2.39. The van der Waals surface area contributed by atoms with Crippen LogP contribution in [0, 0.1) is 6.92 Å². The number of rotatable bonds is 4. The first-order valence-corrected chi connectivity index (χ1v) is 7.93. The SMILES string of the molecule is Cc1cc(NC2CCN(Cc3ncc[nH]3)CC2)c2nncn2n1. The summed E-state index contributed by atoms with van der Waals surface area (Å²) in [5.74, 6) is 1.03. The van der Waals surface area contributed by atoms with Crippen LogP contribution in [-0.4, -0.2) is 53.8 Å². The standard InChI is InChI=1S/C15H20N8/c1-11-8-13(15-20-18-10-23(15)21-11)19-12-2-6-22(7-3-12)9-14-16-4-5-17-14/h4-5,8,10,12,19H,2-3,6-7,9H2,1H3,(H,16,17). The molecule has 0 aromatic carbocycles. The summed E-state index contributed by atoms with van der Waals surface area (Å²) in [5, 5.41) is 16.1. The van der Waals surface area contributed by atoms with Gasteiger partial charge in [-0.1, -0.05) is 0 Å². The monoisotopic (exact) mass is 312 g/mol. The number of hydrogen-bond acceptors (Lipinski definition) is 6. The predicted octanol–water partition coefficient (Wildman–Crippen LogP) is 1.23. The molecule has 0 unspecified atom stereocenters. The fourth-order valence-electron chi connectivity index (χ4n) is 3.11. The van der Waals surface area contributed by atoms with Gasteiger partial charge in [0.2, 0.25) is 5.65 Å². The Hall–Kier alpha value is -2.48. The van der Waals surface area contributed by atoms with Gasteiger partial charge in [-0.05, 0) is 25.8 Å². The van der Waals surface area contributed by atoms with Gasteiger partial charge in [-0.15, -0.1) is 10.2 Å². The molecule has 0 radical (unpaired) electrons. The first-order valence-electron chi connectivity index (χ1n) is 7.93. The first kappa shape index (κ1) is 14.1. The smallest absolute Gasteiger partial charge is 0.200 e. The number of aryl methyl sites for hydroxylation is 1. The first-order chi connectivity index (χ1) is 11.3. The topological polar surface area (TPSA) is 87.0 Å². The Morgan fingerprint density at radius 2 is 2.22 bits per heavy atom. The molecule has 1 fully saturated rings. The quantitative estimate of drug-likeness (QED) is 0.753. The van der Waals surface area contributed by atoms with E-state index in [9.17, 15) is 0 Å². The molecule has 2 N–H and O–H groups in total. The Kier molecular flexibility index (Phi) is 3.66. The molecule has 23 heavy (non-hydrogen) atoms. The lowest BCUT2D eigenvalue weighted by atomic mass is 10.0. The minimum absolute atomic E-state index is 0.449. The summed E-state index contributed by atoms with van der Waals surface area (Å²) < 4.78 is 1.73. The summed E-state index contributed by atoms with van der Waals surface area (Å²) in [6.07, 6.45) is 7.52. The zero-order valence-corrected chi connectivity index (χ0v) is 13.1. The van der Waals surface area contributed by atoms with Gasteiger partial charge in [0, 0.05) is 31.5 Å². The van der Waals surface area contributed by atoms with Crippen LogP contribution in [0.25, 0.3) is 5.65 Å². The van der Waals surface area contributed by atoms with Gasteiger partial charge < -0.3 is 10.3 Å². The lowest BCUT2D eigenvalue weighted by Gasteiger charge is -2.32. The number of nitrogens with one attached hydrogen (secondary N) is 2. The van der Waals surface area contributed by atoms with E-state index in [0.29, 0.717) is 6.04 Å². The van der Waals surface area contributed by atoms with Crippen molar-refractivity contribution in [1.82, 2.24) is 34.7 Å². The van der Waals surface area contributed by atoms with Crippen LogP contribution in [0.5, 0.6) is 0 Å². The number of aromatic amines is 1. The maximum absolute atomic E-state index is 4.38. The van der Waals surface area contributed by atoms with E-state index >= 15 is 0 Å². The molecular weight excluding hydrogens is 292 g/mol. The molecule has 0 amide bonds. The maximum Gasteiger partial charge on any atom is 0.200 e. The Morgan fingerprint density at radius 1 is 1.35 bits per heavy atom. The predicted molar refractivity (Wildman–Crippen MR) is 86.0 cm³/mol. The normalized spacial score (nSPS) is 16.9. The van der Waals surface area contributed by atoms with Crippen molar-refractivity contribution in [3.8, 4) is 0 Å². The third-order valence-electron chi connectivity index (χ3n) is 4.27. The molecule has 8 heteroatoms. The number of imidazole rings is 1. The van der Waals surface area contributed by atoms with Crippen molar-refractivity contribution in [3.05, 3.63) is 36.3 Å². The van der Waals surface area contributed by atoms with Gasteiger partial charge in [0.25, 0.3) is 0 Å². The lowest BCUT2D eigenvalue weighted by molar-refractivity contribution is 0.207. The molecule has 1 saturated heterocycles. The summed E-state index contributed by atoms with van der Waals surface area (Å²) in [5.41, 5.74) is 2.75. The number of hydrogen-bond donors (Lipinski definition) is 2. The molecule has 0 atom stereocenters. The van der Waals surface area contributed by atoms with Crippen molar-refractivity contribution in [2.24, 2.45) is 0 Å². The van der Waals surface area contributed by atoms with Crippen molar-refractivity contribution < 1.29 is 0 Å². The van der Waals surface area contributed by atoms with E-state index in [1.54, 1.807) is 17.0 Å². The highest BCUT2D eigenvalue weighted by Gasteiger charge is 2.20. The van der Waals surface area contributed by atoms with Crippen molar-refractivity contribution in [2.75, 3.05) is 18.4 Å². The summed E-state index contributed by atoms with van der Waals surface area (Å²) in [6, 6.07) is 2.49. The Balaban J connectivity index is 1.39. The van der Waals surface area contributed by atoms with E-state index in [2.05, 4.69) is 35.5 Å². The van der Waals surface area contributed by atoms with Crippen LogP contribution in [0.3, 0.4) is 0 Å². The molecule has 4 rings (SSSR count). The van der Waals surface area contributed by atoms with Crippen molar-refractivity contribution in [3.63, 3.8) is 0 Å². The molecule has 0 aliphatic carbocycles. The molecular formula is C15H20N8. The maximum atomic E-state index is 4.38. The molecule has 3 aromatic heterocycles. The van der Waals surface area contributed by atoms with E-state index in [1.807, 2.05) is 19.2 Å². The van der Waals surface area contributed by atoms with Gasteiger partial charge in [-0.2, -0.15) is 9.61 Å². The average Bonchev–Trinajstić information content (AvgIpc) is 3.20. The van der Waals surface area contributed by atoms with Crippen molar-refractivity contribution >= 4 is 11.3 Å². The highest BCUT2D eigenvalue weighted by atomic mass is 15.3. The Bertz CT molecular complexity index is 770. The molecule has 8 nitrogen and oxygen atoms in total. The second-order valence-electron chi connectivity index (χ2n) is 6.03. The molecule has 0 saturated carbocycles. The highest BCUT2D eigenvalue weighted by molar-refractivity contribution is 5.66.